The van der Waals surface area contributed by atoms with Crippen LogP contribution >= 0.6 is 11.3 Å². The number of hydrogen-bond acceptors (Lipinski definition) is 4. The van der Waals surface area contributed by atoms with Crippen molar-refractivity contribution in [1.29, 1.82) is 0 Å². The van der Waals surface area contributed by atoms with Crippen molar-refractivity contribution in [2.24, 2.45) is 0 Å². The van der Waals surface area contributed by atoms with Crippen LogP contribution in [0.1, 0.15) is 10.4 Å². The lowest BCUT2D eigenvalue weighted by Crippen LogP contribution is -2.16. The maximum atomic E-state index is 12.0. The van der Waals surface area contributed by atoms with Crippen molar-refractivity contribution in [1.82, 2.24) is 4.98 Å². The molecule has 0 aliphatic carbocycles. The highest BCUT2D eigenvalue weighted by Gasteiger charge is 2.33. The number of hydrogen-bond donors (Lipinski definition) is 1. The summed E-state index contributed by atoms with van der Waals surface area (Å²) in [5.41, 5.74) is -0.167. The molecule has 8 heteroatoms. The zero-order valence-electron chi connectivity index (χ0n) is 7.99. The van der Waals surface area contributed by atoms with Crippen molar-refractivity contribution in [3.05, 3.63) is 23.8 Å². The van der Waals surface area contributed by atoms with Crippen molar-refractivity contribution in [3.8, 4) is 5.19 Å². The van der Waals surface area contributed by atoms with Gasteiger partial charge in [0.25, 0.3) is 5.19 Å². The van der Waals surface area contributed by atoms with E-state index in [1.165, 1.54) is 18.2 Å². The van der Waals surface area contributed by atoms with Gasteiger partial charge in [-0.3, -0.25) is 0 Å². The molecule has 0 saturated heterocycles. The van der Waals surface area contributed by atoms with E-state index >= 15 is 0 Å². The van der Waals surface area contributed by atoms with Crippen LogP contribution in [0.15, 0.2) is 18.2 Å². The lowest BCUT2D eigenvalue weighted by molar-refractivity contribution is -0.274. The lowest BCUT2D eigenvalue weighted by Gasteiger charge is -2.03. The van der Waals surface area contributed by atoms with Crippen molar-refractivity contribution < 1.29 is 27.8 Å². The van der Waals surface area contributed by atoms with Crippen molar-refractivity contribution in [2.75, 3.05) is 0 Å². The number of carbonyl (C=O) groups is 1. The minimum atomic E-state index is -4.84. The average Bonchev–Trinajstić information content (AvgIpc) is 2.55. The quantitative estimate of drug-likeness (QED) is 0.905. The van der Waals surface area contributed by atoms with Gasteiger partial charge in [-0.15, -0.1) is 13.2 Å². The first-order chi connectivity index (χ1) is 7.87. The third-order valence-electron chi connectivity index (χ3n) is 1.83. The molecule has 2 rings (SSSR count). The molecule has 1 N–H and O–H groups in total. The molecule has 0 aliphatic heterocycles. The lowest BCUT2D eigenvalue weighted by atomic mass is 10.2. The number of fused-ring (bicyclic) bond motifs is 1. The van der Waals surface area contributed by atoms with Gasteiger partial charge in [0.05, 0.1) is 15.8 Å². The summed E-state index contributed by atoms with van der Waals surface area (Å²) in [5, 5.41) is 8.20. The molecular weight excluding hydrogens is 259 g/mol. The Morgan fingerprint density at radius 2 is 2.12 bits per heavy atom. The van der Waals surface area contributed by atoms with Crippen molar-refractivity contribution in [2.45, 2.75) is 6.36 Å². The third kappa shape index (κ3) is 2.47. The van der Waals surface area contributed by atoms with Crippen LogP contribution in [0, 0.1) is 0 Å². The smallest absolute Gasteiger partial charge is 0.478 e. The molecule has 0 aliphatic rings. The predicted molar refractivity (Wildman–Crippen MR) is 53.3 cm³/mol. The molecule has 2 aromatic rings. The van der Waals surface area contributed by atoms with E-state index in [-0.39, 0.29) is 11.1 Å². The van der Waals surface area contributed by atoms with E-state index in [9.17, 15) is 18.0 Å². The first-order valence-corrected chi connectivity index (χ1v) is 5.07. The average molecular weight is 263 g/mol. The SMILES string of the molecule is O=C(O)c1cccc2sc(OC(F)(F)F)nc12. The van der Waals surface area contributed by atoms with Gasteiger partial charge in [0.2, 0.25) is 0 Å². The van der Waals surface area contributed by atoms with Crippen LogP contribution in [-0.4, -0.2) is 22.4 Å². The number of benzene rings is 1. The fraction of sp³-hybridized carbons (Fsp3) is 0.111. The Morgan fingerprint density at radius 1 is 1.41 bits per heavy atom. The van der Waals surface area contributed by atoms with Crippen LogP contribution in [-0.2, 0) is 0 Å². The number of para-hydroxylation sites is 1. The summed E-state index contributed by atoms with van der Waals surface area (Å²) >= 11 is 0.639. The Balaban J connectivity index is 2.50. The second-order valence-corrected chi connectivity index (χ2v) is 3.98. The van der Waals surface area contributed by atoms with Crippen LogP contribution in [0.5, 0.6) is 5.19 Å². The van der Waals surface area contributed by atoms with Gasteiger partial charge in [0.15, 0.2) is 0 Å². The van der Waals surface area contributed by atoms with Gasteiger partial charge < -0.3 is 9.84 Å². The monoisotopic (exact) mass is 263 g/mol. The zero-order valence-corrected chi connectivity index (χ0v) is 8.80. The fourth-order valence-electron chi connectivity index (χ4n) is 1.24. The summed E-state index contributed by atoms with van der Waals surface area (Å²) in [6, 6.07) is 4.17. The Morgan fingerprint density at radius 3 is 2.71 bits per heavy atom. The van der Waals surface area contributed by atoms with Gasteiger partial charge in [0, 0.05) is 0 Å². The predicted octanol–water partition coefficient (Wildman–Crippen LogP) is 2.89. The number of alkyl halides is 3. The Labute approximate surface area is 96.3 Å². The van der Waals surface area contributed by atoms with Crippen LogP contribution in [0.3, 0.4) is 0 Å². The van der Waals surface area contributed by atoms with Crippen LogP contribution in [0.2, 0.25) is 0 Å². The molecule has 0 unspecified atom stereocenters. The number of carboxylic acid groups (broad SMARTS) is 1. The summed E-state index contributed by atoms with van der Waals surface area (Å²) < 4.78 is 39.8. The molecule has 0 bridgehead atoms. The maximum Gasteiger partial charge on any atom is 0.574 e. The zero-order chi connectivity index (χ0) is 12.6. The van der Waals surface area contributed by atoms with Gasteiger partial charge in [-0.1, -0.05) is 17.4 Å². The number of halogens is 3. The second kappa shape index (κ2) is 3.88. The molecule has 0 spiro atoms. The standard InChI is InChI=1S/C9H4F3NO3S/c10-9(11,12)16-8-13-6-4(7(14)15)2-1-3-5(6)17-8/h1-3H,(H,14,15). The van der Waals surface area contributed by atoms with Crippen LogP contribution in [0.4, 0.5) is 13.2 Å². The molecule has 0 atom stereocenters. The summed E-state index contributed by atoms with van der Waals surface area (Å²) in [6.45, 7) is 0. The molecule has 17 heavy (non-hydrogen) atoms. The molecule has 0 saturated carbocycles. The molecule has 1 aromatic heterocycles. The van der Waals surface area contributed by atoms with Crippen molar-refractivity contribution >= 4 is 27.5 Å². The Hall–Kier alpha value is -1.83. The second-order valence-electron chi connectivity index (χ2n) is 2.99. The molecule has 4 nitrogen and oxygen atoms in total. The van der Waals surface area contributed by atoms with Gasteiger partial charge >= 0.3 is 12.3 Å². The highest BCUT2D eigenvalue weighted by Crippen LogP contribution is 2.33. The minimum absolute atomic E-state index is 0.00995. The highest BCUT2D eigenvalue weighted by atomic mass is 32.1. The summed E-state index contributed by atoms with van der Waals surface area (Å²) in [7, 11) is 0. The number of aromatic carboxylic acids is 1. The van der Waals surface area contributed by atoms with E-state index in [0.29, 0.717) is 16.0 Å². The van der Waals surface area contributed by atoms with E-state index in [4.69, 9.17) is 5.11 Å². The number of nitrogens with zero attached hydrogens (tertiary/aromatic N) is 1. The number of carboxylic acids is 1. The summed E-state index contributed by atoms with van der Waals surface area (Å²) in [6.07, 6.45) is -4.84. The van der Waals surface area contributed by atoms with Crippen LogP contribution < -0.4 is 4.74 Å². The van der Waals surface area contributed by atoms with Gasteiger partial charge in [-0.25, -0.2) is 9.78 Å². The van der Waals surface area contributed by atoms with Gasteiger partial charge in [-0.05, 0) is 12.1 Å². The normalized spacial score (nSPS) is 11.7. The Kier molecular flexibility index (Phi) is 2.66. The largest absolute Gasteiger partial charge is 0.574 e. The molecular formula is C9H4F3NO3S. The Bertz CT molecular complexity index is 578. The minimum Gasteiger partial charge on any atom is -0.478 e. The molecule has 1 heterocycles. The van der Waals surface area contributed by atoms with Gasteiger partial charge in [-0.2, -0.15) is 0 Å². The molecule has 0 radical (unpaired) electrons. The third-order valence-corrected chi connectivity index (χ3v) is 2.73. The van der Waals surface area contributed by atoms with Crippen molar-refractivity contribution in [3.63, 3.8) is 0 Å². The fourth-order valence-corrected chi connectivity index (χ4v) is 2.10. The number of ether oxygens (including phenoxy) is 1. The topological polar surface area (TPSA) is 59.4 Å². The van der Waals surface area contributed by atoms with Crippen LogP contribution in [0.25, 0.3) is 10.2 Å². The van der Waals surface area contributed by atoms with Gasteiger partial charge in [0.1, 0.15) is 0 Å². The number of thiazole rings is 1. The first kappa shape index (κ1) is 11.6. The van der Waals surface area contributed by atoms with E-state index in [1.54, 1.807) is 0 Å². The highest BCUT2D eigenvalue weighted by molar-refractivity contribution is 7.20. The molecule has 0 amide bonds. The molecule has 90 valence electrons. The number of rotatable bonds is 2. The summed E-state index contributed by atoms with van der Waals surface area (Å²) in [4.78, 5) is 14.3. The van der Waals surface area contributed by atoms with E-state index < -0.39 is 17.5 Å². The van der Waals surface area contributed by atoms with E-state index in [2.05, 4.69) is 9.72 Å². The van der Waals surface area contributed by atoms with E-state index in [1.807, 2.05) is 0 Å². The molecule has 0 fully saturated rings. The maximum absolute atomic E-state index is 12.0. The summed E-state index contributed by atoms with van der Waals surface area (Å²) in [5.74, 6) is -1.25. The number of aromatic nitrogens is 1. The van der Waals surface area contributed by atoms with E-state index in [0.717, 1.165) is 0 Å². The first-order valence-electron chi connectivity index (χ1n) is 4.25. The molecule has 1 aromatic carbocycles.